The molecule has 2 heterocycles. The first-order chi connectivity index (χ1) is 8.47. The molecule has 0 N–H and O–H groups in total. The molecule has 0 aromatic heterocycles. The maximum Gasteiger partial charge on any atom is 0.108 e. The van der Waals surface area contributed by atoms with Gasteiger partial charge in [-0.25, -0.2) is 0 Å². The Balaban J connectivity index is 2.46. The summed E-state index contributed by atoms with van der Waals surface area (Å²) in [4.78, 5) is 4.59. The molecule has 2 rings (SSSR count). The highest BCUT2D eigenvalue weighted by Crippen LogP contribution is 2.40. The van der Waals surface area contributed by atoms with Crippen LogP contribution in [0.5, 0.6) is 0 Å². The zero-order valence-electron chi connectivity index (χ0n) is 11.8. The monoisotopic (exact) mass is 243 g/mol. The standard InChI is InChI=1S/C15H21N3/c1-10(9-16)8-14-11(2)12(3)15-17(5)6-7-18(15)13(14)4/h6-8,11-12,15H,1-5H3/b10-8+. The van der Waals surface area contributed by atoms with E-state index in [0.717, 1.165) is 5.57 Å². The zero-order chi connectivity index (χ0) is 13.4. The number of nitrogens with zero attached hydrogens (tertiary/aromatic N) is 3. The van der Waals surface area contributed by atoms with Crippen molar-refractivity contribution in [2.45, 2.75) is 33.9 Å². The van der Waals surface area contributed by atoms with Gasteiger partial charge in [0, 0.05) is 36.6 Å². The van der Waals surface area contributed by atoms with E-state index in [2.05, 4.69) is 56.1 Å². The Hall–Kier alpha value is -1.69. The van der Waals surface area contributed by atoms with Gasteiger partial charge in [0.15, 0.2) is 0 Å². The van der Waals surface area contributed by atoms with Gasteiger partial charge >= 0.3 is 0 Å². The number of fused-ring (bicyclic) bond motifs is 1. The molecule has 0 fully saturated rings. The summed E-state index contributed by atoms with van der Waals surface area (Å²) in [5, 5.41) is 8.96. The maximum atomic E-state index is 8.96. The molecule has 0 aromatic rings. The molecule has 96 valence electrons. The molecule has 0 spiro atoms. The van der Waals surface area contributed by atoms with E-state index in [-0.39, 0.29) is 0 Å². The van der Waals surface area contributed by atoms with Crippen molar-refractivity contribution in [3.63, 3.8) is 0 Å². The van der Waals surface area contributed by atoms with Gasteiger partial charge < -0.3 is 9.80 Å². The van der Waals surface area contributed by atoms with Crippen molar-refractivity contribution in [2.75, 3.05) is 7.05 Å². The molecule has 0 aromatic carbocycles. The highest BCUT2D eigenvalue weighted by molar-refractivity contribution is 5.37. The van der Waals surface area contributed by atoms with Crippen LogP contribution in [0.2, 0.25) is 0 Å². The molecule has 0 radical (unpaired) electrons. The van der Waals surface area contributed by atoms with Gasteiger partial charge in [-0.1, -0.05) is 13.8 Å². The number of hydrogen-bond acceptors (Lipinski definition) is 3. The van der Waals surface area contributed by atoms with Crippen molar-refractivity contribution < 1.29 is 0 Å². The third-order valence-corrected chi connectivity index (χ3v) is 4.27. The molecule has 3 unspecified atom stereocenters. The highest BCUT2D eigenvalue weighted by Gasteiger charge is 2.39. The Morgan fingerprint density at radius 2 is 2.06 bits per heavy atom. The van der Waals surface area contributed by atoms with Crippen LogP contribution >= 0.6 is 0 Å². The van der Waals surface area contributed by atoms with E-state index < -0.39 is 0 Å². The second kappa shape index (κ2) is 4.53. The average molecular weight is 243 g/mol. The van der Waals surface area contributed by atoms with Crippen molar-refractivity contribution in [3.8, 4) is 6.07 Å². The van der Waals surface area contributed by atoms with Gasteiger partial charge in [-0.05, 0) is 31.4 Å². The highest BCUT2D eigenvalue weighted by atomic mass is 15.4. The topological polar surface area (TPSA) is 30.3 Å². The summed E-state index contributed by atoms with van der Waals surface area (Å²) in [6.45, 7) is 8.56. The molecule has 18 heavy (non-hydrogen) atoms. The SMILES string of the molecule is CC1=C(/C=C(\C)C#N)C(C)C(C)C2N(C)C=CN12. The summed E-state index contributed by atoms with van der Waals surface area (Å²) in [7, 11) is 2.12. The average Bonchev–Trinajstić information content (AvgIpc) is 2.74. The molecule has 0 bridgehead atoms. The van der Waals surface area contributed by atoms with Crippen molar-refractivity contribution >= 4 is 0 Å². The normalized spacial score (nSPS) is 31.8. The summed E-state index contributed by atoms with van der Waals surface area (Å²) in [6.07, 6.45) is 6.72. The Kier molecular flexibility index (Phi) is 3.21. The van der Waals surface area contributed by atoms with Gasteiger partial charge in [-0.15, -0.1) is 0 Å². The fourth-order valence-corrected chi connectivity index (χ4v) is 3.01. The van der Waals surface area contributed by atoms with Crippen molar-refractivity contribution in [1.82, 2.24) is 9.80 Å². The van der Waals surface area contributed by atoms with Crippen molar-refractivity contribution in [3.05, 3.63) is 35.3 Å². The Bertz CT molecular complexity index is 478. The number of nitriles is 1. The van der Waals surface area contributed by atoms with E-state index in [0.29, 0.717) is 18.0 Å². The van der Waals surface area contributed by atoms with E-state index in [1.165, 1.54) is 11.3 Å². The summed E-state index contributed by atoms with van der Waals surface area (Å²) in [5.74, 6) is 1.00. The molecule has 0 saturated heterocycles. The smallest absolute Gasteiger partial charge is 0.108 e. The third-order valence-electron chi connectivity index (χ3n) is 4.27. The Labute approximate surface area is 110 Å². The first-order valence-electron chi connectivity index (χ1n) is 6.45. The lowest BCUT2D eigenvalue weighted by molar-refractivity contribution is 0.103. The predicted molar refractivity (Wildman–Crippen MR) is 72.9 cm³/mol. The largest absolute Gasteiger partial charge is 0.359 e. The predicted octanol–water partition coefficient (Wildman–Crippen LogP) is 3.06. The molecule has 2 aliphatic heterocycles. The molecule has 2 aliphatic rings. The quantitative estimate of drug-likeness (QED) is 0.663. The summed E-state index contributed by atoms with van der Waals surface area (Å²) >= 11 is 0. The van der Waals surface area contributed by atoms with E-state index in [9.17, 15) is 0 Å². The molecule has 0 aliphatic carbocycles. The molecule has 3 nitrogen and oxygen atoms in total. The fraction of sp³-hybridized carbons (Fsp3) is 0.533. The second-order valence-corrected chi connectivity index (χ2v) is 5.41. The second-order valence-electron chi connectivity index (χ2n) is 5.41. The van der Waals surface area contributed by atoms with Crippen molar-refractivity contribution in [1.29, 1.82) is 5.26 Å². The van der Waals surface area contributed by atoms with Crippen LogP contribution in [0, 0.1) is 23.2 Å². The summed E-state index contributed by atoms with van der Waals surface area (Å²) in [5.41, 5.74) is 3.33. The van der Waals surface area contributed by atoms with Crippen LogP contribution in [-0.4, -0.2) is 23.0 Å². The van der Waals surface area contributed by atoms with Crippen LogP contribution in [0.15, 0.2) is 35.3 Å². The van der Waals surface area contributed by atoms with E-state index in [1.54, 1.807) is 0 Å². The minimum atomic E-state index is 0.416. The fourth-order valence-electron chi connectivity index (χ4n) is 3.01. The van der Waals surface area contributed by atoms with Crippen LogP contribution in [0.4, 0.5) is 0 Å². The van der Waals surface area contributed by atoms with Crippen LogP contribution in [-0.2, 0) is 0 Å². The molecular weight excluding hydrogens is 222 g/mol. The first-order valence-corrected chi connectivity index (χ1v) is 6.45. The molecule has 3 atom stereocenters. The van der Waals surface area contributed by atoms with Gasteiger partial charge in [0.1, 0.15) is 6.17 Å². The Morgan fingerprint density at radius 1 is 1.39 bits per heavy atom. The minimum Gasteiger partial charge on any atom is -0.359 e. The van der Waals surface area contributed by atoms with E-state index in [1.807, 2.05) is 13.0 Å². The van der Waals surface area contributed by atoms with E-state index in [4.69, 9.17) is 5.26 Å². The van der Waals surface area contributed by atoms with Crippen molar-refractivity contribution in [2.24, 2.45) is 11.8 Å². The molecule has 0 amide bonds. The summed E-state index contributed by atoms with van der Waals surface area (Å²) in [6, 6.07) is 2.22. The molecule has 0 saturated carbocycles. The third kappa shape index (κ3) is 1.82. The lowest BCUT2D eigenvalue weighted by Gasteiger charge is -2.44. The number of allylic oxidation sites excluding steroid dienone is 4. The van der Waals surface area contributed by atoms with Gasteiger partial charge in [-0.2, -0.15) is 5.26 Å². The summed E-state index contributed by atoms with van der Waals surface area (Å²) < 4.78 is 0. The number of rotatable bonds is 1. The number of hydrogen-bond donors (Lipinski definition) is 0. The van der Waals surface area contributed by atoms with Crippen LogP contribution in [0.1, 0.15) is 27.7 Å². The maximum absolute atomic E-state index is 8.96. The van der Waals surface area contributed by atoms with Crippen LogP contribution < -0.4 is 0 Å². The van der Waals surface area contributed by atoms with Gasteiger partial charge in [0.2, 0.25) is 0 Å². The van der Waals surface area contributed by atoms with E-state index >= 15 is 0 Å². The van der Waals surface area contributed by atoms with Gasteiger partial charge in [0.05, 0.1) is 6.07 Å². The lowest BCUT2D eigenvalue weighted by Crippen LogP contribution is -2.47. The zero-order valence-corrected chi connectivity index (χ0v) is 11.8. The minimum absolute atomic E-state index is 0.416. The molecular formula is C15H21N3. The van der Waals surface area contributed by atoms with Gasteiger partial charge in [-0.3, -0.25) is 0 Å². The first kappa shape index (κ1) is 12.8. The van der Waals surface area contributed by atoms with Gasteiger partial charge in [0.25, 0.3) is 0 Å². The van der Waals surface area contributed by atoms with Crippen LogP contribution in [0.3, 0.4) is 0 Å². The lowest BCUT2D eigenvalue weighted by atomic mass is 9.80. The van der Waals surface area contributed by atoms with Crippen LogP contribution in [0.25, 0.3) is 0 Å². The Morgan fingerprint density at radius 3 is 2.67 bits per heavy atom. The molecule has 3 heteroatoms.